The van der Waals surface area contributed by atoms with Crippen LogP contribution in [0.15, 0.2) is 29.2 Å². The molecule has 0 amide bonds. The van der Waals surface area contributed by atoms with Crippen LogP contribution in [0.3, 0.4) is 0 Å². The van der Waals surface area contributed by atoms with Crippen LogP contribution in [0.25, 0.3) is 11.0 Å². The third kappa shape index (κ3) is 2.86. The maximum atomic E-state index is 12.0. The summed E-state index contributed by atoms with van der Waals surface area (Å²) >= 11 is 6.01. The zero-order valence-corrected chi connectivity index (χ0v) is 12.0. The molecule has 0 unspecified atom stereocenters. The molecule has 1 fully saturated rings. The number of ether oxygens (including phenoxy) is 1. The van der Waals surface area contributed by atoms with Gasteiger partial charge >= 0.3 is 0 Å². The predicted molar refractivity (Wildman–Crippen MR) is 79.0 cm³/mol. The third-order valence-electron chi connectivity index (χ3n) is 3.80. The minimum absolute atomic E-state index is 0.157. The molecule has 20 heavy (non-hydrogen) atoms. The Balaban J connectivity index is 1.87. The van der Waals surface area contributed by atoms with Gasteiger partial charge in [-0.1, -0.05) is 30.9 Å². The van der Waals surface area contributed by atoms with Crippen LogP contribution in [0.5, 0.6) is 0 Å². The highest BCUT2D eigenvalue weighted by atomic mass is 35.5. The molecule has 0 atom stereocenters. The van der Waals surface area contributed by atoms with E-state index in [2.05, 4.69) is 4.98 Å². The van der Waals surface area contributed by atoms with E-state index in [0.717, 1.165) is 23.9 Å². The number of hydrogen-bond donors (Lipinski definition) is 0. The van der Waals surface area contributed by atoms with Crippen LogP contribution >= 0.6 is 11.6 Å². The summed E-state index contributed by atoms with van der Waals surface area (Å²) < 4.78 is 7.49. The number of nitrogens with zero attached hydrogens (tertiary/aromatic N) is 2. The fraction of sp³-hybridized carbons (Fsp3) is 0.467. The molecule has 106 valence electrons. The van der Waals surface area contributed by atoms with Gasteiger partial charge in [0.05, 0.1) is 23.3 Å². The molecule has 0 radical (unpaired) electrons. The molecular weight excluding hydrogens is 276 g/mol. The van der Waals surface area contributed by atoms with E-state index in [1.807, 2.05) is 6.07 Å². The number of fused-ring (bicyclic) bond motifs is 1. The monoisotopic (exact) mass is 292 g/mol. The molecule has 1 aliphatic rings. The molecule has 0 spiro atoms. The quantitative estimate of drug-likeness (QED) is 0.871. The lowest BCUT2D eigenvalue weighted by Gasteiger charge is -2.22. The molecule has 0 bridgehead atoms. The molecule has 1 aromatic carbocycles. The minimum Gasteiger partial charge on any atom is -0.357 e. The lowest BCUT2D eigenvalue weighted by Crippen LogP contribution is -2.25. The van der Waals surface area contributed by atoms with Gasteiger partial charge in [0.1, 0.15) is 6.73 Å². The van der Waals surface area contributed by atoms with E-state index in [9.17, 15) is 4.79 Å². The SMILES string of the molecule is O=c1cnc2ccc(Cl)cc2n1COC1CCCCC1. The van der Waals surface area contributed by atoms with E-state index in [1.165, 1.54) is 25.5 Å². The van der Waals surface area contributed by atoms with Gasteiger partial charge < -0.3 is 4.74 Å². The summed E-state index contributed by atoms with van der Waals surface area (Å²) in [4.78, 5) is 16.1. The van der Waals surface area contributed by atoms with Crippen molar-refractivity contribution in [2.75, 3.05) is 0 Å². The fourth-order valence-corrected chi connectivity index (χ4v) is 2.85. The predicted octanol–water partition coefficient (Wildman–Crippen LogP) is 3.36. The number of aromatic nitrogens is 2. The Hall–Kier alpha value is -1.39. The Morgan fingerprint density at radius 2 is 2.10 bits per heavy atom. The zero-order valence-electron chi connectivity index (χ0n) is 11.2. The van der Waals surface area contributed by atoms with Crippen molar-refractivity contribution >= 4 is 22.6 Å². The maximum Gasteiger partial charge on any atom is 0.271 e. The molecule has 0 saturated heterocycles. The van der Waals surface area contributed by atoms with Crippen LogP contribution in [-0.4, -0.2) is 15.7 Å². The topological polar surface area (TPSA) is 44.1 Å². The summed E-state index contributed by atoms with van der Waals surface area (Å²) in [5.41, 5.74) is 1.32. The summed E-state index contributed by atoms with van der Waals surface area (Å²) in [7, 11) is 0. The second-order valence-corrected chi connectivity index (χ2v) is 5.65. The van der Waals surface area contributed by atoms with Crippen LogP contribution in [0, 0.1) is 0 Å². The average molecular weight is 293 g/mol. The van der Waals surface area contributed by atoms with Crippen LogP contribution < -0.4 is 5.56 Å². The second kappa shape index (κ2) is 5.94. The highest BCUT2D eigenvalue weighted by Gasteiger charge is 2.14. The van der Waals surface area contributed by atoms with Crippen molar-refractivity contribution in [3.05, 3.63) is 39.8 Å². The second-order valence-electron chi connectivity index (χ2n) is 5.21. The van der Waals surface area contributed by atoms with E-state index >= 15 is 0 Å². The van der Waals surface area contributed by atoms with Crippen LogP contribution in [0.1, 0.15) is 32.1 Å². The van der Waals surface area contributed by atoms with Gasteiger partial charge in [0.2, 0.25) is 0 Å². The summed E-state index contributed by atoms with van der Waals surface area (Å²) in [5, 5.41) is 0.594. The summed E-state index contributed by atoms with van der Waals surface area (Å²) in [5.74, 6) is 0. The molecule has 2 aromatic rings. The molecule has 5 heteroatoms. The summed E-state index contributed by atoms with van der Waals surface area (Å²) in [6, 6.07) is 5.34. The first-order chi connectivity index (χ1) is 9.74. The molecule has 0 N–H and O–H groups in total. The van der Waals surface area contributed by atoms with Gasteiger partial charge in [-0.05, 0) is 31.0 Å². The van der Waals surface area contributed by atoms with Crippen molar-refractivity contribution in [3.63, 3.8) is 0 Å². The summed E-state index contributed by atoms with van der Waals surface area (Å²) in [6.07, 6.45) is 7.47. The van der Waals surface area contributed by atoms with Crippen molar-refractivity contribution < 1.29 is 4.74 Å². The van der Waals surface area contributed by atoms with E-state index in [4.69, 9.17) is 16.3 Å². The molecule has 4 nitrogen and oxygen atoms in total. The van der Waals surface area contributed by atoms with Crippen LogP contribution in [0.4, 0.5) is 0 Å². The highest BCUT2D eigenvalue weighted by Crippen LogP contribution is 2.21. The van der Waals surface area contributed by atoms with Crippen LogP contribution in [-0.2, 0) is 11.5 Å². The van der Waals surface area contributed by atoms with E-state index in [1.54, 1.807) is 16.7 Å². The molecule has 1 saturated carbocycles. The average Bonchev–Trinajstić information content (AvgIpc) is 2.47. The Morgan fingerprint density at radius 1 is 1.30 bits per heavy atom. The Bertz CT molecular complexity index is 662. The lowest BCUT2D eigenvalue weighted by molar-refractivity contribution is -0.0122. The number of hydrogen-bond acceptors (Lipinski definition) is 3. The Labute approximate surface area is 122 Å². The first-order valence-corrected chi connectivity index (χ1v) is 7.38. The van der Waals surface area contributed by atoms with E-state index < -0.39 is 0 Å². The normalized spacial score (nSPS) is 16.6. The lowest BCUT2D eigenvalue weighted by atomic mass is 9.98. The fourth-order valence-electron chi connectivity index (χ4n) is 2.68. The van der Waals surface area contributed by atoms with Crippen molar-refractivity contribution in [3.8, 4) is 0 Å². The van der Waals surface area contributed by atoms with Gasteiger partial charge in [-0.3, -0.25) is 9.36 Å². The van der Waals surface area contributed by atoms with Crippen molar-refractivity contribution in [1.29, 1.82) is 0 Å². The molecule has 3 rings (SSSR count). The number of halogens is 1. The number of rotatable bonds is 3. The zero-order chi connectivity index (χ0) is 13.9. The first-order valence-electron chi connectivity index (χ1n) is 7.01. The molecule has 1 aliphatic carbocycles. The first kappa shape index (κ1) is 13.6. The standard InChI is InChI=1S/C15H17ClN2O2/c16-11-6-7-13-14(8-11)18(15(19)9-17-13)10-20-12-4-2-1-3-5-12/h6-9,12H,1-5,10H2. The smallest absolute Gasteiger partial charge is 0.271 e. The van der Waals surface area contributed by atoms with Gasteiger partial charge in [0.25, 0.3) is 5.56 Å². The Morgan fingerprint density at radius 3 is 2.90 bits per heavy atom. The highest BCUT2D eigenvalue weighted by molar-refractivity contribution is 6.31. The van der Waals surface area contributed by atoms with Gasteiger partial charge in [0, 0.05) is 5.02 Å². The molecular formula is C15H17ClN2O2. The van der Waals surface area contributed by atoms with E-state index in [0.29, 0.717) is 5.02 Å². The largest absolute Gasteiger partial charge is 0.357 e. The van der Waals surface area contributed by atoms with Gasteiger partial charge in [0.15, 0.2) is 0 Å². The Kier molecular flexibility index (Phi) is 4.03. The van der Waals surface area contributed by atoms with Gasteiger partial charge in [-0.2, -0.15) is 0 Å². The molecule has 1 aromatic heterocycles. The maximum absolute atomic E-state index is 12.0. The van der Waals surface area contributed by atoms with E-state index in [-0.39, 0.29) is 18.4 Å². The molecule has 1 heterocycles. The summed E-state index contributed by atoms with van der Waals surface area (Å²) in [6.45, 7) is 0.267. The van der Waals surface area contributed by atoms with Crippen molar-refractivity contribution in [2.24, 2.45) is 0 Å². The van der Waals surface area contributed by atoms with Crippen molar-refractivity contribution in [2.45, 2.75) is 44.9 Å². The number of benzene rings is 1. The third-order valence-corrected chi connectivity index (χ3v) is 4.03. The van der Waals surface area contributed by atoms with Crippen LogP contribution in [0.2, 0.25) is 5.02 Å². The van der Waals surface area contributed by atoms with Gasteiger partial charge in [-0.25, -0.2) is 4.98 Å². The molecule has 0 aliphatic heterocycles. The van der Waals surface area contributed by atoms with Gasteiger partial charge in [-0.15, -0.1) is 0 Å². The minimum atomic E-state index is -0.157. The van der Waals surface area contributed by atoms with Crippen molar-refractivity contribution in [1.82, 2.24) is 9.55 Å².